The number of carbonyl (C=O) groups excluding carboxylic acids is 1. The van der Waals surface area contributed by atoms with Gasteiger partial charge in [0.15, 0.2) is 0 Å². The molecule has 1 unspecified atom stereocenters. The standard InChI is InChI=1S/C18H23NO3/c1-4-5-7-10-13(2)17(20)19-14(3)16(22-18(19)21)15-11-8-6-9-12-15/h6,8-9,11-14,16-17,20H,4,10H2,1-3H3/t13-,14+,16+,17?/m0/s1. The molecule has 0 spiro atoms. The zero-order valence-electron chi connectivity index (χ0n) is 13.3. The number of ether oxygens (including phenoxy) is 1. The summed E-state index contributed by atoms with van der Waals surface area (Å²) in [4.78, 5) is 13.6. The molecule has 4 heteroatoms. The Bertz CT molecular complexity index is 561. The highest BCUT2D eigenvalue weighted by Gasteiger charge is 2.44. The maximum atomic E-state index is 12.2. The number of cyclic esters (lactones) is 1. The van der Waals surface area contributed by atoms with Crippen molar-refractivity contribution in [1.82, 2.24) is 4.90 Å². The molecule has 1 N–H and O–H groups in total. The predicted octanol–water partition coefficient (Wildman–Crippen LogP) is 3.33. The lowest BCUT2D eigenvalue weighted by atomic mass is 10.0. The van der Waals surface area contributed by atoms with Gasteiger partial charge in [-0.3, -0.25) is 4.90 Å². The Morgan fingerprint density at radius 3 is 2.64 bits per heavy atom. The van der Waals surface area contributed by atoms with Crippen LogP contribution in [0.4, 0.5) is 4.79 Å². The van der Waals surface area contributed by atoms with E-state index in [1.807, 2.05) is 51.1 Å². The predicted molar refractivity (Wildman–Crippen MR) is 84.8 cm³/mol. The Morgan fingerprint density at radius 1 is 1.32 bits per heavy atom. The highest BCUT2D eigenvalue weighted by Crippen LogP contribution is 2.34. The van der Waals surface area contributed by atoms with Gasteiger partial charge in [-0.25, -0.2) is 4.79 Å². The second-order valence-electron chi connectivity index (χ2n) is 5.67. The molecule has 0 radical (unpaired) electrons. The summed E-state index contributed by atoms with van der Waals surface area (Å²) in [5.41, 5.74) is 0.941. The largest absolute Gasteiger partial charge is 0.439 e. The maximum absolute atomic E-state index is 12.2. The van der Waals surface area contributed by atoms with Crippen molar-refractivity contribution < 1.29 is 14.6 Å². The van der Waals surface area contributed by atoms with E-state index in [9.17, 15) is 9.90 Å². The Morgan fingerprint density at radius 2 is 2.00 bits per heavy atom. The lowest BCUT2D eigenvalue weighted by Crippen LogP contribution is -2.44. The number of aliphatic hydroxyl groups excluding tert-OH is 1. The van der Waals surface area contributed by atoms with Crippen LogP contribution in [-0.2, 0) is 4.74 Å². The van der Waals surface area contributed by atoms with Crippen molar-refractivity contribution in [3.05, 3.63) is 35.9 Å². The fourth-order valence-corrected chi connectivity index (χ4v) is 2.66. The fourth-order valence-electron chi connectivity index (χ4n) is 2.66. The van der Waals surface area contributed by atoms with Crippen molar-refractivity contribution in [1.29, 1.82) is 0 Å². The Labute approximate surface area is 132 Å². The molecule has 0 saturated carbocycles. The first kappa shape index (κ1) is 16.4. The van der Waals surface area contributed by atoms with Crippen LogP contribution >= 0.6 is 0 Å². The minimum atomic E-state index is -0.887. The quantitative estimate of drug-likeness (QED) is 0.868. The minimum absolute atomic E-state index is 0.122. The Hall–Kier alpha value is -1.99. The minimum Gasteiger partial charge on any atom is -0.439 e. The van der Waals surface area contributed by atoms with E-state index in [2.05, 4.69) is 11.8 Å². The SMILES string of the molecule is CCC#CC[C@H](C)C(O)N1C(=O)O[C@@H](c2ccccc2)[C@H]1C. The molecular formula is C18H23NO3. The molecule has 118 valence electrons. The number of nitrogens with zero attached hydrogens (tertiary/aromatic N) is 1. The van der Waals surface area contributed by atoms with Gasteiger partial charge < -0.3 is 9.84 Å². The summed E-state index contributed by atoms with van der Waals surface area (Å²) >= 11 is 0. The molecule has 22 heavy (non-hydrogen) atoms. The average Bonchev–Trinajstić information content (AvgIpc) is 2.82. The summed E-state index contributed by atoms with van der Waals surface area (Å²) in [5, 5.41) is 10.5. The van der Waals surface area contributed by atoms with Crippen LogP contribution in [0.5, 0.6) is 0 Å². The highest BCUT2D eigenvalue weighted by molar-refractivity contribution is 5.71. The lowest BCUT2D eigenvalue weighted by Gasteiger charge is -2.29. The van der Waals surface area contributed by atoms with Gasteiger partial charge in [-0.2, -0.15) is 0 Å². The number of amides is 1. The van der Waals surface area contributed by atoms with E-state index in [1.165, 1.54) is 4.90 Å². The molecule has 1 saturated heterocycles. The van der Waals surface area contributed by atoms with E-state index in [0.29, 0.717) is 6.42 Å². The van der Waals surface area contributed by atoms with Crippen LogP contribution in [0.25, 0.3) is 0 Å². The van der Waals surface area contributed by atoms with Crippen LogP contribution in [0.3, 0.4) is 0 Å². The number of rotatable bonds is 4. The third kappa shape index (κ3) is 3.42. The summed E-state index contributed by atoms with van der Waals surface area (Å²) in [5.74, 6) is 5.89. The molecule has 1 amide bonds. The second-order valence-corrected chi connectivity index (χ2v) is 5.67. The molecule has 0 aliphatic carbocycles. The molecular weight excluding hydrogens is 278 g/mol. The van der Waals surface area contributed by atoms with Gasteiger partial charge in [0.05, 0.1) is 6.04 Å². The van der Waals surface area contributed by atoms with Gasteiger partial charge in [0, 0.05) is 18.8 Å². The average molecular weight is 301 g/mol. The van der Waals surface area contributed by atoms with E-state index >= 15 is 0 Å². The smallest absolute Gasteiger partial charge is 0.412 e. The molecule has 1 fully saturated rings. The zero-order valence-corrected chi connectivity index (χ0v) is 13.3. The highest BCUT2D eigenvalue weighted by atomic mass is 16.6. The summed E-state index contributed by atoms with van der Waals surface area (Å²) in [6, 6.07) is 9.40. The monoisotopic (exact) mass is 301 g/mol. The number of benzene rings is 1. The van der Waals surface area contributed by atoms with Gasteiger partial charge in [0.2, 0.25) is 0 Å². The first-order valence-corrected chi connectivity index (χ1v) is 7.74. The second kappa shape index (κ2) is 7.33. The van der Waals surface area contributed by atoms with Gasteiger partial charge >= 0.3 is 6.09 Å². The van der Waals surface area contributed by atoms with Gasteiger partial charge in [-0.15, -0.1) is 11.8 Å². The number of carbonyl (C=O) groups is 1. The molecule has 1 heterocycles. The Balaban J connectivity index is 2.09. The van der Waals surface area contributed by atoms with Crippen molar-refractivity contribution in [2.24, 2.45) is 5.92 Å². The molecule has 1 aliphatic rings. The van der Waals surface area contributed by atoms with Crippen molar-refractivity contribution >= 4 is 6.09 Å². The fraction of sp³-hybridized carbons (Fsp3) is 0.500. The third-order valence-corrected chi connectivity index (χ3v) is 3.96. The van der Waals surface area contributed by atoms with E-state index in [-0.39, 0.29) is 18.1 Å². The van der Waals surface area contributed by atoms with Gasteiger partial charge in [-0.1, -0.05) is 44.2 Å². The molecule has 1 aromatic carbocycles. The van der Waals surface area contributed by atoms with Gasteiger partial charge in [0.25, 0.3) is 0 Å². The van der Waals surface area contributed by atoms with Crippen LogP contribution in [0.1, 0.15) is 45.3 Å². The molecule has 1 aromatic rings. The summed E-state index contributed by atoms with van der Waals surface area (Å²) in [7, 11) is 0. The molecule has 2 rings (SSSR count). The number of aliphatic hydroxyl groups is 1. The van der Waals surface area contributed by atoms with Gasteiger partial charge in [0.1, 0.15) is 12.3 Å². The van der Waals surface area contributed by atoms with E-state index in [1.54, 1.807) is 0 Å². The topological polar surface area (TPSA) is 49.8 Å². The summed E-state index contributed by atoms with van der Waals surface area (Å²) in [6.45, 7) is 5.78. The molecule has 0 aromatic heterocycles. The van der Waals surface area contributed by atoms with E-state index in [4.69, 9.17) is 4.74 Å². The van der Waals surface area contributed by atoms with Crippen molar-refractivity contribution in [3.63, 3.8) is 0 Å². The van der Waals surface area contributed by atoms with Crippen LogP contribution in [-0.4, -0.2) is 28.4 Å². The van der Waals surface area contributed by atoms with E-state index in [0.717, 1.165) is 12.0 Å². The molecule has 4 atom stereocenters. The van der Waals surface area contributed by atoms with Crippen LogP contribution < -0.4 is 0 Å². The van der Waals surface area contributed by atoms with Crippen molar-refractivity contribution in [2.75, 3.05) is 0 Å². The normalized spacial score (nSPS) is 23.5. The molecule has 0 bridgehead atoms. The van der Waals surface area contributed by atoms with Crippen LogP contribution in [0.2, 0.25) is 0 Å². The zero-order chi connectivity index (χ0) is 16.1. The first-order valence-electron chi connectivity index (χ1n) is 7.74. The van der Waals surface area contributed by atoms with Crippen LogP contribution in [0.15, 0.2) is 30.3 Å². The summed E-state index contributed by atoms with van der Waals surface area (Å²) < 4.78 is 5.46. The third-order valence-electron chi connectivity index (χ3n) is 3.96. The number of hydrogen-bond donors (Lipinski definition) is 1. The molecule has 1 aliphatic heterocycles. The summed E-state index contributed by atoms with van der Waals surface area (Å²) in [6.07, 6.45) is -0.355. The maximum Gasteiger partial charge on any atom is 0.412 e. The van der Waals surface area contributed by atoms with Crippen LogP contribution in [0, 0.1) is 17.8 Å². The lowest BCUT2D eigenvalue weighted by molar-refractivity contribution is -0.0159. The first-order chi connectivity index (χ1) is 10.6. The van der Waals surface area contributed by atoms with Gasteiger partial charge in [-0.05, 0) is 12.5 Å². The van der Waals surface area contributed by atoms with Crippen molar-refractivity contribution in [2.45, 2.75) is 52.0 Å². The van der Waals surface area contributed by atoms with Crippen molar-refractivity contribution in [3.8, 4) is 11.8 Å². The molecule has 4 nitrogen and oxygen atoms in total. The number of hydrogen-bond acceptors (Lipinski definition) is 3. The van der Waals surface area contributed by atoms with E-state index < -0.39 is 12.3 Å². The Kier molecular flexibility index (Phi) is 5.46.